The van der Waals surface area contributed by atoms with E-state index in [1.807, 2.05) is 0 Å². The topological polar surface area (TPSA) is 75.5 Å². The fraction of sp³-hybridized carbons (Fsp3) is 0.625. The van der Waals surface area contributed by atoms with Crippen molar-refractivity contribution < 1.29 is 9.63 Å². The predicted molar refractivity (Wildman–Crippen MR) is 47.0 cm³/mol. The number of anilines is 1. The van der Waals surface area contributed by atoms with Crippen LogP contribution in [-0.2, 0) is 13.0 Å². The van der Waals surface area contributed by atoms with Crippen molar-refractivity contribution in [2.45, 2.75) is 13.0 Å². The molecule has 0 amide bonds. The molecule has 0 unspecified atom stereocenters. The standard InChI is InChI=1S/C8H13N3O2/c9-8-6-5-11(3-4-12)2-1-7(6)10-13-8/h12H,1-5,9H2. The molecular formula is C8H13N3O2. The molecule has 0 saturated carbocycles. The Kier molecular flexibility index (Phi) is 2.20. The lowest BCUT2D eigenvalue weighted by atomic mass is 10.1. The molecule has 1 aliphatic heterocycles. The van der Waals surface area contributed by atoms with Crippen LogP contribution in [0.2, 0.25) is 0 Å². The summed E-state index contributed by atoms with van der Waals surface area (Å²) in [6.07, 6.45) is 0.857. The molecule has 1 aromatic rings. The van der Waals surface area contributed by atoms with E-state index < -0.39 is 0 Å². The second kappa shape index (κ2) is 3.35. The van der Waals surface area contributed by atoms with Crippen molar-refractivity contribution >= 4 is 5.88 Å². The summed E-state index contributed by atoms with van der Waals surface area (Å²) in [5, 5.41) is 12.6. The molecule has 0 atom stereocenters. The fourth-order valence-corrected chi connectivity index (χ4v) is 1.62. The van der Waals surface area contributed by atoms with Crippen LogP contribution in [0.1, 0.15) is 11.3 Å². The van der Waals surface area contributed by atoms with Gasteiger partial charge in [-0.2, -0.15) is 0 Å². The molecule has 0 radical (unpaired) electrons. The molecule has 2 rings (SSSR count). The summed E-state index contributed by atoms with van der Waals surface area (Å²) in [6.45, 7) is 2.52. The number of fused-ring (bicyclic) bond motifs is 1. The van der Waals surface area contributed by atoms with Crippen LogP contribution >= 0.6 is 0 Å². The molecule has 0 fully saturated rings. The van der Waals surface area contributed by atoms with Crippen LogP contribution in [0, 0.1) is 0 Å². The van der Waals surface area contributed by atoms with Crippen molar-refractivity contribution in [3.8, 4) is 0 Å². The van der Waals surface area contributed by atoms with E-state index in [4.69, 9.17) is 15.4 Å². The van der Waals surface area contributed by atoms with Gasteiger partial charge in [-0.3, -0.25) is 4.90 Å². The van der Waals surface area contributed by atoms with E-state index in [2.05, 4.69) is 10.1 Å². The molecule has 5 nitrogen and oxygen atoms in total. The Morgan fingerprint density at radius 1 is 1.62 bits per heavy atom. The summed E-state index contributed by atoms with van der Waals surface area (Å²) >= 11 is 0. The Balaban J connectivity index is 2.13. The zero-order valence-corrected chi connectivity index (χ0v) is 7.36. The van der Waals surface area contributed by atoms with E-state index >= 15 is 0 Å². The lowest BCUT2D eigenvalue weighted by Crippen LogP contribution is -2.32. The normalized spacial score (nSPS) is 17.3. The second-order valence-electron chi connectivity index (χ2n) is 3.22. The van der Waals surface area contributed by atoms with Crippen LogP contribution in [-0.4, -0.2) is 34.9 Å². The van der Waals surface area contributed by atoms with Crippen LogP contribution in [0.25, 0.3) is 0 Å². The predicted octanol–water partition coefficient (Wildman–Crippen LogP) is -0.393. The highest BCUT2D eigenvalue weighted by atomic mass is 16.5. The van der Waals surface area contributed by atoms with Crippen molar-refractivity contribution in [1.29, 1.82) is 0 Å². The number of nitrogen functional groups attached to an aromatic ring is 1. The zero-order valence-electron chi connectivity index (χ0n) is 7.36. The summed E-state index contributed by atoms with van der Waals surface area (Å²) in [6, 6.07) is 0. The van der Waals surface area contributed by atoms with Crippen molar-refractivity contribution in [1.82, 2.24) is 10.1 Å². The summed E-state index contributed by atoms with van der Waals surface area (Å²) in [7, 11) is 0. The molecule has 3 N–H and O–H groups in total. The van der Waals surface area contributed by atoms with Gasteiger partial charge in [0, 0.05) is 26.1 Å². The molecule has 0 saturated heterocycles. The van der Waals surface area contributed by atoms with Gasteiger partial charge < -0.3 is 15.4 Å². The molecule has 72 valence electrons. The Morgan fingerprint density at radius 3 is 3.23 bits per heavy atom. The Labute approximate surface area is 76.1 Å². The van der Waals surface area contributed by atoms with E-state index in [9.17, 15) is 0 Å². The first-order valence-electron chi connectivity index (χ1n) is 4.37. The summed E-state index contributed by atoms with van der Waals surface area (Å²) in [5.41, 5.74) is 7.55. The van der Waals surface area contributed by atoms with Crippen LogP contribution in [0.4, 0.5) is 5.88 Å². The molecule has 0 aromatic carbocycles. The van der Waals surface area contributed by atoms with Gasteiger partial charge >= 0.3 is 0 Å². The molecule has 1 aromatic heterocycles. The van der Waals surface area contributed by atoms with E-state index in [1.54, 1.807) is 0 Å². The van der Waals surface area contributed by atoms with Gasteiger partial charge in [-0.15, -0.1) is 0 Å². The number of β-amino-alcohol motifs (C(OH)–C–C–N with tert-alkyl or cyclic N) is 1. The van der Waals surface area contributed by atoms with Crippen LogP contribution in [0.5, 0.6) is 0 Å². The number of aliphatic hydroxyl groups excluding tert-OH is 1. The van der Waals surface area contributed by atoms with Crippen LogP contribution in [0.3, 0.4) is 0 Å². The van der Waals surface area contributed by atoms with E-state index in [0.29, 0.717) is 12.4 Å². The van der Waals surface area contributed by atoms with Crippen molar-refractivity contribution in [2.75, 3.05) is 25.4 Å². The highest BCUT2D eigenvalue weighted by Gasteiger charge is 2.21. The highest BCUT2D eigenvalue weighted by molar-refractivity contribution is 5.39. The first-order valence-corrected chi connectivity index (χ1v) is 4.37. The monoisotopic (exact) mass is 183 g/mol. The maximum Gasteiger partial charge on any atom is 0.226 e. The van der Waals surface area contributed by atoms with E-state index in [0.717, 1.165) is 30.8 Å². The molecule has 0 bridgehead atoms. The van der Waals surface area contributed by atoms with Gasteiger partial charge in [-0.05, 0) is 0 Å². The van der Waals surface area contributed by atoms with Crippen LogP contribution < -0.4 is 5.73 Å². The minimum absolute atomic E-state index is 0.181. The van der Waals surface area contributed by atoms with Gasteiger partial charge in [-0.1, -0.05) is 5.16 Å². The van der Waals surface area contributed by atoms with Crippen molar-refractivity contribution in [3.63, 3.8) is 0 Å². The van der Waals surface area contributed by atoms with Crippen molar-refractivity contribution in [2.24, 2.45) is 0 Å². The third-order valence-electron chi connectivity index (χ3n) is 2.36. The quantitative estimate of drug-likeness (QED) is 0.653. The molecule has 2 heterocycles. The summed E-state index contributed by atoms with van der Waals surface area (Å²) < 4.78 is 4.88. The molecule has 5 heteroatoms. The average Bonchev–Trinajstić information content (AvgIpc) is 2.49. The lowest BCUT2D eigenvalue weighted by Gasteiger charge is -2.24. The smallest absolute Gasteiger partial charge is 0.226 e. The fourth-order valence-electron chi connectivity index (χ4n) is 1.62. The van der Waals surface area contributed by atoms with E-state index in [1.165, 1.54) is 0 Å². The largest absolute Gasteiger partial charge is 0.395 e. The Hall–Kier alpha value is -1.07. The number of nitrogens with zero attached hydrogens (tertiary/aromatic N) is 2. The number of nitrogens with two attached hydrogens (primary N) is 1. The minimum atomic E-state index is 0.181. The van der Waals surface area contributed by atoms with Gasteiger partial charge in [0.2, 0.25) is 5.88 Å². The average molecular weight is 183 g/mol. The molecule has 13 heavy (non-hydrogen) atoms. The first-order chi connectivity index (χ1) is 6.31. The SMILES string of the molecule is Nc1onc2c1CN(CCO)CC2. The van der Waals surface area contributed by atoms with Gasteiger partial charge in [0.15, 0.2) is 0 Å². The second-order valence-corrected chi connectivity index (χ2v) is 3.22. The number of aliphatic hydroxyl groups is 1. The van der Waals surface area contributed by atoms with Gasteiger partial charge in [-0.25, -0.2) is 0 Å². The Morgan fingerprint density at radius 2 is 2.46 bits per heavy atom. The summed E-state index contributed by atoms with van der Waals surface area (Å²) in [5.74, 6) is 0.414. The molecule has 0 aliphatic carbocycles. The van der Waals surface area contributed by atoms with Gasteiger partial charge in [0.25, 0.3) is 0 Å². The highest BCUT2D eigenvalue weighted by Crippen LogP contribution is 2.22. The Bertz CT molecular complexity index is 298. The third-order valence-corrected chi connectivity index (χ3v) is 2.36. The first kappa shape index (κ1) is 8.52. The molecular weight excluding hydrogens is 170 g/mol. The number of aromatic nitrogens is 1. The number of hydrogen-bond donors (Lipinski definition) is 2. The minimum Gasteiger partial charge on any atom is -0.395 e. The van der Waals surface area contributed by atoms with Gasteiger partial charge in [0.1, 0.15) is 0 Å². The third kappa shape index (κ3) is 1.52. The summed E-state index contributed by atoms with van der Waals surface area (Å²) in [4.78, 5) is 2.13. The lowest BCUT2D eigenvalue weighted by molar-refractivity contribution is 0.184. The van der Waals surface area contributed by atoms with Crippen molar-refractivity contribution in [3.05, 3.63) is 11.3 Å². The van der Waals surface area contributed by atoms with Gasteiger partial charge in [0.05, 0.1) is 17.9 Å². The van der Waals surface area contributed by atoms with Crippen LogP contribution in [0.15, 0.2) is 4.52 Å². The maximum absolute atomic E-state index is 8.77. The number of hydrogen-bond acceptors (Lipinski definition) is 5. The molecule has 1 aliphatic rings. The van der Waals surface area contributed by atoms with E-state index in [-0.39, 0.29) is 6.61 Å². The zero-order chi connectivity index (χ0) is 9.26. The maximum atomic E-state index is 8.77. The number of rotatable bonds is 2. The molecule has 0 spiro atoms.